The quantitative estimate of drug-likeness (QED) is 0.659. The van der Waals surface area contributed by atoms with E-state index in [1.165, 1.54) is 11.3 Å². The summed E-state index contributed by atoms with van der Waals surface area (Å²) in [5.41, 5.74) is 1.02. The molecule has 2 aromatic heterocycles. The van der Waals surface area contributed by atoms with Gasteiger partial charge >= 0.3 is 0 Å². The highest BCUT2D eigenvalue weighted by molar-refractivity contribution is 7.17. The zero-order valence-corrected chi connectivity index (χ0v) is 15.0. The fourth-order valence-corrected chi connectivity index (χ4v) is 3.21. The Balaban J connectivity index is 1.83. The molecule has 0 fully saturated rings. The summed E-state index contributed by atoms with van der Waals surface area (Å²) in [5.74, 6) is 1.72. The maximum absolute atomic E-state index is 5.36. The van der Waals surface area contributed by atoms with Crippen LogP contribution in [0.2, 0.25) is 0 Å². The van der Waals surface area contributed by atoms with Crippen LogP contribution in [0.3, 0.4) is 0 Å². The summed E-state index contributed by atoms with van der Waals surface area (Å²) in [5, 5.41) is 14.0. The maximum atomic E-state index is 5.36. The SMILES string of the molecule is CCN(CC)Cc1nnc2sc(C=Cc3ccccc3OC)nn12. The smallest absolute Gasteiger partial charge is 0.235 e. The zero-order chi connectivity index (χ0) is 16.9. The normalized spacial score (nSPS) is 11.8. The molecule has 0 amide bonds. The van der Waals surface area contributed by atoms with Crippen LogP contribution in [-0.4, -0.2) is 44.9 Å². The van der Waals surface area contributed by atoms with Gasteiger partial charge < -0.3 is 4.74 Å². The largest absolute Gasteiger partial charge is 0.496 e. The number of fused-ring (bicyclic) bond motifs is 1. The molecule has 1 aromatic carbocycles. The molecule has 0 aliphatic carbocycles. The molecule has 0 saturated carbocycles. The molecule has 126 valence electrons. The molecule has 0 aliphatic heterocycles. The van der Waals surface area contributed by atoms with Crippen LogP contribution in [0, 0.1) is 0 Å². The molecule has 3 aromatic rings. The molecule has 24 heavy (non-hydrogen) atoms. The van der Waals surface area contributed by atoms with Crippen LogP contribution in [0.4, 0.5) is 0 Å². The Labute approximate surface area is 145 Å². The lowest BCUT2D eigenvalue weighted by Gasteiger charge is -2.15. The number of hydrogen-bond donors (Lipinski definition) is 0. The molecule has 0 unspecified atom stereocenters. The van der Waals surface area contributed by atoms with Gasteiger partial charge in [0.15, 0.2) is 5.82 Å². The Kier molecular flexibility index (Phi) is 5.22. The number of rotatable bonds is 7. The first-order valence-electron chi connectivity index (χ1n) is 7.99. The lowest BCUT2D eigenvalue weighted by Crippen LogP contribution is -2.23. The summed E-state index contributed by atoms with van der Waals surface area (Å²) in [6, 6.07) is 7.91. The topological polar surface area (TPSA) is 55.5 Å². The molecule has 0 atom stereocenters. The third kappa shape index (κ3) is 3.47. The molecule has 0 saturated heterocycles. The standard InChI is InChI=1S/C17H21N5OS/c1-4-21(5-2)12-15-18-19-17-22(15)20-16(24-17)11-10-13-8-6-7-9-14(13)23-3/h6-11H,4-5,12H2,1-3H3. The molecule has 7 heteroatoms. The predicted octanol–water partition coefficient (Wildman–Crippen LogP) is 3.21. The number of hydrogen-bond acceptors (Lipinski definition) is 6. The van der Waals surface area contributed by atoms with Gasteiger partial charge in [-0.25, -0.2) is 0 Å². The van der Waals surface area contributed by atoms with E-state index < -0.39 is 0 Å². The summed E-state index contributed by atoms with van der Waals surface area (Å²) < 4.78 is 7.20. The molecule has 6 nitrogen and oxygen atoms in total. The van der Waals surface area contributed by atoms with Crippen LogP contribution in [0.15, 0.2) is 24.3 Å². The van der Waals surface area contributed by atoms with Crippen molar-refractivity contribution in [3.05, 3.63) is 40.7 Å². The van der Waals surface area contributed by atoms with Gasteiger partial charge in [0.1, 0.15) is 10.8 Å². The van der Waals surface area contributed by atoms with E-state index in [4.69, 9.17) is 4.74 Å². The highest BCUT2D eigenvalue weighted by Gasteiger charge is 2.12. The van der Waals surface area contributed by atoms with Crippen LogP contribution in [0.5, 0.6) is 5.75 Å². The first-order chi connectivity index (χ1) is 11.7. The minimum atomic E-state index is 0.758. The molecule has 0 aliphatic rings. The molecular formula is C17H21N5OS. The van der Waals surface area contributed by atoms with Gasteiger partial charge in [-0.15, -0.1) is 10.2 Å². The van der Waals surface area contributed by atoms with Gasteiger partial charge in [0.05, 0.1) is 13.7 Å². The number of ether oxygens (including phenoxy) is 1. The highest BCUT2D eigenvalue weighted by atomic mass is 32.1. The van der Waals surface area contributed by atoms with Gasteiger partial charge in [-0.2, -0.15) is 9.61 Å². The van der Waals surface area contributed by atoms with Crippen LogP contribution in [0.1, 0.15) is 30.2 Å². The highest BCUT2D eigenvalue weighted by Crippen LogP contribution is 2.22. The lowest BCUT2D eigenvalue weighted by molar-refractivity contribution is 0.286. The summed E-state index contributed by atoms with van der Waals surface area (Å²) in [6.07, 6.45) is 3.99. The summed E-state index contributed by atoms with van der Waals surface area (Å²) in [6.45, 7) is 7.01. The van der Waals surface area contributed by atoms with E-state index in [1.54, 1.807) is 7.11 Å². The van der Waals surface area contributed by atoms with Crippen LogP contribution >= 0.6 is 11.3 Å². The molecule has 0 bridgehead atoms. The van der Waals surface area contributed by atoms with Crippen molar-refractivity contribution in [1.82, 2.24) is 24.7 Å². The van der Waals surface area contributed by atoms with E-state index in [2.05, 4.69) is 34.0 Å². The second-order valence-corrected chi connectivity index (χ2v) is 6.28. The number of nitrogens with zero attached hydrogens (tertiary/aromatic N) is 5. The Morgan fingerprint density at radius 3 is 2.71 bits per heavy atom. The van der Waals surface area contributed by atoms with Crippen LogP contribution in [-0.2, 0) is 6.54 Å². The van der Waals surface area contributed by atoms with Crippen molar-refractivity contribution in [1.29, 1.82) is 0 Å². The molecule has 0 spiro atoms. The third-order valence-corrected chi connectivity index (χ3v) is 4.74. The van der Waals surface area contributed by atoms with E-state index in [1.807, 2.05) is 40.9 Å². The molecule has 0 radical (unpaired) electrons. The van der Waals surface area contributed by atoms with Crippen molar-refractivity contribution >= 4 is 28.4 Å². The number of benzene rings is 1. The van der Waals surface area contributed by atoms with Gasteiger partial charge in [-0.3, -0.25) is 4.90 Å². The van der Waals surface area contributed by atoms with Gasteiger partial charge in [0.25, 0.3) is 0 Å². The number of aromatic nitrogens is 4. The van der Waals surface area contributed by atoms with E-state index in [9.17, 15) is 0 Å². The van der Waals surface area contributed by atoms with E-state index >= 15 is 0 Å². The van der Waals surface area contributed by atoms with Gasteiger partial charge in [-0.1, -0.05) is 43.4 Å². The van der Waals surface area contributed by atoms with Crippen molar-refractivity contribution in [2.24, 2.45) is 0 Å². The average molecular weight is 343 g/mol. The lowest BCUT2D eigenvalue weighted by atomic mass is 10.2. The van der Waals surface area contributed by atoms with Crippen LogP contribution in [0.25, 0.3) is 17.1 Å². The second kappa shape index (κ2) is 7.55. The first-order valence-corrected chi connectivity index (χ1v) is 8.81. The number of para-hydroxylation sites is 1. The fraction of sp³-hybridized carbons (Fsp3) is 0.353. The molecule has 3 rings (SSSR count). The third-order valence-electron chi connectivity index (χ3n) is 3.87. The van der Waals surface area contributed by atoms with Crippen molar-refractivity contribution in [2.45, 2.75) is 20.4 Å². The zero-order valence-electron chi connectivity index (χ0n) is 14.1. The monoisotopic (exact) mass is 343 g/mol. The van der Waals surface area contributed by atoms with E-state index in [-0.39, 0.29) is 0 Å². The van der Waals surface area contributed by atoms with E-state index in [0.717, 1.165) is 46.7 Å². The van der Waals surface area contributed by atoms with E-state index in [0.29, 0.717) is 0 Å². The second-order valence-electron chi connectivity index (χ2n) is 5.29. The van der Waals surface area contributed by atoms with Crippen molar-refractivity contribution in [3.8, 4) is 5.75 Å². The van der Waals surface area contributed by atoms with Gasteiger partial charge in [-0.05, 0) is 31.3 Å². The molecule has 2 heterocycles. The Bertz CT molecular complexity index is 834. The van der Waals surface area contributed by atoms with Crippen LogP contribution < -0.4 is 4.74 Å². The summed E-state index contributed by atoms with van der Waals surface area (Å²) in [7, 11) is 1.68. The first kappa shape index (κ1) is 16.6. The predicted molar refractivity (Wildman–Crippen MR) is 97.2 cm³/mol. The van der Waals surface area contributed by atoms with Crippen molar-refractivity contribution in [3.63, 3.8) is 0 Å². The van der Waals surface area contributed by atoms with Gasteiger partial charge in [0, 0.05) is 5.56 Å². The average Bonchev–Trinajstić information content (AvgIpc) is 3.19. The Morgan fingerprint density at radius 1 is 1.17 bits per heavy atom. The van der Waals surface area contributed by atoms with Crippen molar-refractivity contribution in [2.75, 3.05) is 20.2 Å². The number of methoxy groups -OCH3 is 1. The Hall–Kier alpha value is -2.25. The minimum Gasteiger partial charge on any atom is -0.496 e. The summed E-state index contributed by atoms with van der Waals surface area (Å²) in [4.78, 5) is 3.11. The minimum absolute atomic E-state index is 0.758. The fourth-order valence-electron chi connectivity index (χ4n) is 2.45. The summed E-state index contributed by atoms with van der Waals surface area (Å²) >= 11 is 1.53. The maximum Gasteiger partial charge on any atom is 0.235 e. The molecule has 0 N–H and O–H groups in total. The van der Waals surface area contributed by atoms with Gasteiger partial charge in [0.2, 0.25) is 4.96 Å². The molecular weight excluding hydrogens is 322 g/mol. The van der Waals surface area contributed by atoms with Crippen molar-refractivity contribution < 1.29 is 4.74 Å². The Morgan fingerprint density at radius 2 is 1.96 bits per heavy atom.